The first kappa shape index (κ1) is 23.4. The fourth-order valence-electron chi connectivity index (χ4n) is 4.87. The van der Waals surface area contributed by atoms with E-state index in [-0.39, 0.29) is 17.3 Å². The van der Waals surface area contributed by atoms with Gasteiger partial charge in [0.2, 0.25) is 0 Å². The standard InChI is InChI=1S/C27H31ClN2O3/c1-2-3-13-24-25(28)30(21-9-5-4-6-10-21)27(33)29(24)18-19-14-16-20(17-15-19)22-11-7-8-12-23(22)26(31)32/h7-8,11-12,14-17,21H,2-6,9-10,13,18H2,1H3,(H,31,32). The van der Waals surface area contributed by atoms with Crippen LogP contribution in [0.15, 0.2) is 53.3 Å². The summed E-state index contributed by atoms with van der Waals surface area (Å²) >= 11 is 6.81. The summed E-state index contributed by atoms with van der Waals surface area (Å²) < 4.78 is 3.68. The Kier molecular flexibility index (Phi) is 7.39. The largest absolute Gasteiger partial charge is 0.478 e. The molecule has 5 nitrogen and oxygen atoms in total. The second-order valence-corrected chi connectivity index (χ2v) is 9.28. The molecular weight excluding hydrogens is 436 g/mol. The van der Waals surface area contributed by atoms with Crippen LogP contribution in [0, 0.1) is 0 Å². The number of benzene rings is 2. The summed E-state index contributed by atoms with van der Waals surface area (Å²) in [5, 5.41) is 10.1. The number of nitrogens with zero attached hydrogens (tertiary/aromatic N) is 2. The van der Waals surface area contributed by atoms with E-state index >= 15 is 0 Å². The van der Waals surface area contributed by atoms with Crippen LogP contribution >= 0.6 is 11.6 Å². The zero-order valence-corrected chi connectivity index (χ0v) is 19.9. The number of halogens is 1. The van der Waals surface area contributed by atoms with Gasteiger partial charge >= 0.3 is 11.7 Å². The fraction of sp³-hybridized carbons (Fsp3) is 0.407. The first-order chi connectivity index (χ1) is 16.0. The Bertz CT molecular complexity index is 1170. The van der Waals surface area contributed by atoms with Crippen molar-refractivity contribution in [1.82, 2.24) is 9.13 Å². The Morgan fingerprint density at radius 1 is 1.06 bits per heavy atom. The summed E-state index contributed by atoms with van der Waals surface area (Å²) in [6.07, 6.45) is 8.33. The highest BCUT2D eigenvalue weighted by atomic mass is 35.5. The van der Waals surface area contributed by atoms with Gasteiger partial charge in [0.25, 0.3) is 0 Å². The Labute approximate surface area is 199 Å². The van der Waals surface area contributed by atoms with Gasteiger partial charge in [0, 0.05) is 6.04 Å². The van der Waals surface area contributed by atoms with Crippen molar-refractivity contribution in [3.63, 3.8) is 0 Å². The Morgan fingerprint density at radius 2 is 1.76 bits per heavy atom. The number of carboxylic acid groups (broad SMARTS) is 1. The molecule has 1 aliphatic rings. The monoisotopic (exact) mass is 466 g/mol. The maximum absolute atomic E-state index is 13.5. The molecular formula is C27H31ClN2O3. The van der Waals surface area contributed by atoms with Gasteiger partial charge in [0.15, 0.2) is 0 Å². The lowest BCUT2D eigenvalue weighted by Crippen LogP contribution is -2.29. The van der Waals surface area contributed by atoms with Gasteiger partial charge in [0.1, 0.15) is 5.15 Å². The lowest BCUT2D eigenvalue weighted by Gasteiger charge is -2.22. The Balaban J connectivity index is 1.66. The van der Waals surface area contributed by atoms with E-state index in [1.807, 2.05) is 45.5 Å². The molecule has 6 heteroatoms. The molecule has 4 rings (SSSR count). The summed E-state index contributed by atoms with van der Waals surface area (Å²) in [6, 6.07) is 15.0. The molecule has 0 unspecified atom stereocenters. The molecule has 33 heavy (non-hydrogen) atoms. The van der Waals surface area contributed by atoms with Crippen LogP contribution in [0.1, 0.15) is 79.5 Å². The second-order valence-electron chi connectivity index (χ2n) is 8.92. The number of unbranched alkanes of at least 4 members (excludes halogenated alkanes) is 1. The number of hydrogen-bond donors (Lipinski definition) is 1. The van der Waals surface area contributed by atoms with Crippen molar-refractivity contribution in [2.45, 2.75) is 70.9 Å². The number of imidazole rings is 1. The average molecular weight is 467 g/mol. The van der Waals surface area contributed by atoms with E-state index in [1.54, 1.807) is 12.1 Å². The third-order valence-electron chi connectivity index (χ3n) is 6.68. The van der Waals surface area contributed by atoms with Crippen molar-refractivity contribution in [1.29, 1.82) is 0 Å². The lowest BCUT2D eigenvalue weighted by molar-refractivity contribution is 0.0697. The van der Waals surface area contributed by atoms with Crippen LogP contribution in [-0.2, 0) is 13.0 Å². The van der Waals surface area contributed by atoms with Crippen LogP contribution in [0.4, 0.5) is 0 Å². The van der Waals surface area contributed by atoms with Crippen LogP contribution in [0.2, 0.25) is 5.15 Å². The quantitative estimate of drug-likeness (QED) is 0.408. The summed E-state index contributed by atoms with van der Waals surface area (Å²) in [7, 11) is 0. The average Bonchev–Trinajstić information content (AvgIpc) is 3.07. The zero-order valence-electron chi connectivity index (χ0n) is 19.1. The first-order valence-corrected chi connectivity index (χ1v) is 12.3. The summed E-state index contributed by atoms with van der Waals surface area (Å²) in [5.74, 6) is -0.944. The summed E-state index contributed by atoms with van der Waals surface area (Å²) in [4.78, 5) is 25.0. The van der Waals surface area contributed by atoms with Gasteiger partial charge in [-0.1, -0.05) is 86.7 Å². The van der Waals surface area contributed by atoms with Crippen molar-refractivity contribution < 1.29 is 9.90 Å². The molecule has 1 aromatic heterocycles. The van der Waals surface area contributed by atoms with Crippen LogP contribution < -0.4 is 5.69 Å². The normalized spacial score (nSPS) is 14.5. The van der Waals surface area contributed by atoms with Crippen molar-refractivity contribution in [2.24, 2.45) is 0 Å². The van der Waals surface area contributed by atoms with E-state index in [2.05, 4.69) is 6.92 Å². The minimum atomic E-state index is -0.944. The van der Waals surface area contributed by atoms with Gasteiger partial charge in [-0.15, -0.1) is 0 Å². The SMILES string of the molecule is CCCCc1c(Cl)n(C2CCCCC2)c(=O)n1Cc1ccc(-c2ccccc2C(=O)O)cc1. The topological polar surface area (TPSA) is 64.2 Å². The molecule has 2 aromatic carbocycles. The van der Waals surface area contributed by atoms with Crippen molar-refractivity contribution in [2.75, 3.05) is 0 Å². The molecule has 0 bridgehead atoms. The van der Waals surface area contributed by atoms with Gasteiger partial charge < -0.3 is 5.11 Å². The highest BCUT2D eigenvalue weighted by Gasteiger charge is 2.25. The minimum absolute atomic E-state index is 0.0155. The predicted molar refractivity (Wildman–Crippen MR) is 132 cm³/mol. The highest BCUT2D eigenvalue weighted by Crippen LogP contribution is 2.32. The van der Waals surface area contributed by atoms with Gasteiger partial charge in [-0.05, 0) is 48.4 Å². The summed E-state index contributed by atoms with van der Waals surface area (Å²) in [5.41, 5.74) is 3.70. The smallest absolute Gasteiger partial charge is 0.336 e. The molecule has 1 N–H and O–H groups in total. The van der Waals surface area contributed by atoms with Crippen LogP contribution in [0.25, 0.3) is 11.1 Å². The van der Waals surface area contributed by atoms with Crippen molar-refractivity contribution in [3.8, 4) is 11.1 Å². The Hall–Kier alpha value is -2.79. The molecule has 1 fully saturated rings. The van der Waals surface area contributed by atoms with Gasteiger partial charge in [-0.3, -0.25) is 9.13 Å². The van der Waals surface area contributed by atoms with Crippen LogP contribution in [0.3, 0.4) is 0 Å². The van der Waals surface area contributed by atoms with Gasteiger partial charge in [-0.2, -0.15) is 0 Å². The van der Waals surface area contributed by atoms with Crippen molar-refractivity contribution in [3.05, 3.63) is 81.0 Å². The van der Waals surface area contributed by atoms with Crippen LogP contribution in [0.5, 0.6) is 0 Å². The Morgan fingerprint density at radius 3 is 2.42 bits per heavy atom. The fourth-order valence-corrected chi connectivity index (χ4v) is 5.28. The molecule has 0 spiro atoms. The molecule has 0 saturated heterocycles. The molecule has 0 atom stereocenters. The molecule has 0 amide bonds. The maximum atomic E-state index is 13.5. The number of rotatable bonds is 8. The minimum Gasteiger partial charge on any atom is -0.478 e. The van der Waals surface area contributed by atoms with E-state index in [0.717, 1.165) is 61.8 Å². The first-order valence-electron chi connectivity index (χ1n) is 11.9. The van der Waals surface area contributed by atoms with E-state index in [0.29, 0.717) is 17.3 Å². The predicted octanol–water partition coefficient (Wildman–Crippen LogP) is 6.56. The van der Waals surface area contributed by atoms with E-state index in [1.165, 1.54) is 6.42 Å². The molecule has 1 heterocycles. The van der Waals surface area contributed by atoms with Crippen LogP contribution in [-0.4, -0.2) is 20.2 Å². The third-order valence-corrected chi connectivity index (χ3v) is 7.08. The van der Waals surface area contributed by atoms with E-state index < -0.39 is 5.97 Å². The van der Waals surface area contributed by atoms with Gasteiger partial charge in [0.05, 0.1) is 17.8 Å². The number of hydrogen-bond acceptors (Lipinski definition) is 2. The van der Waals surface area contributed by atoms with Crippen molar-refractivity contribution >= 4 is 17.6 Å². The number of aromatic carboxylic acids is 1. The number of aromatic nitrogens is 2. The number of carboxylic acids is 1. The van der Waals surface area contributed by atoms with E-state index in [9.17, 15) is 14.7 Å². The number of carbonyl (C=O) groups is 1. The van der Waals surface area contributed by atoms with Gasteiger partial charge in [-0.25, -0.2) is 9.59 Å². The summed E-state index contributed by atoms with van der Waals surface area (Å²) in [6.45, 7) is 2.60. The maximum Gasteiger partial charge on any atom is 0.336 e. The highest BCUT2D eigenvalue weighted by molar-refractivity contribution is 6.30. The molecule has 174 valence electrons. The molecule has 1 saturated carbocycles. The lowest BCUT2D eigenvalue weighted by atomic mass is 9.95. The molecule has 0 aliphatic heterocycles. The third kappa shape index (κ3) is 4.93. The molecule has 1 aliphatic carbocycles. The molecule has 0 radical (unpaired) electrons. The zero-order chi connectivity index (χ0) is 23.4. The molecule has 3 aromatic rings. The second kappa shape index (κ2) is 10.4. The van der Waals surface area contributed by atoms with E-state index in [4.69, 9.17) is 11.6 Å².